The zero-order chi connectivity index (χ0) is 12.7. The van der Waals surface area contributed by atoms with Crippen LogP contribution in [0, 0.1) is 11.8 Å². The fourth-order valence-corrected chi connectivity index (χ4v) is 1.80. The fourth-order valence-electron chi connectivity index (χ4n) is 1.80. The van der Waals surface area contributed by atoms with Crippen LogP contribution in [0.1, 0.15) is 19.4 Å². The first-order chi connectivity index (χ1) is 7.99. The second-order valence-corrected chi connectivity index (χ2v) is 5.14. The van der Waals surface area contributed by atoms with Crippen LogP contribution in [0.25, 0.3) is 0 Å². The minimum Gasteiger partial charge on any atom is -0.308 e. The highest BCUT2D eigenvalue weighted by Crippen LogP contribution is 2.02. The maximum absolute atomic E-state index is 3.45. The molecule has 0 radical (unpaired) electrons. The van der Waals surface area contributed by atoms with E-state index >= 15 is 0 Å². The lowest BCUT2D eigenvalue weighted by Crippen LogP contribution is -2.47. The molecule has 1 rings (SSSR count). The van der Waals surface area contributed by atoms with Crippen molar-refractivity contribution >= 4 is 0 Å². The van der Waals surface area contributed by atoms with Crippen LogP contribution >= 0.6 is 0 Å². The Bertz CT molecular complexity index is 382. The molecule has 1 aromatic carbocycles. The van der Waals surface area contributed by atoms with E-state index in [1.54, 1.807) is 0 Å². The second kappa shape index (κ2) is 6.44. The van der Waals surface area contributed by atoms with E-state index < -0.39 is 0 Å². The zero-order valence-electron chi connectivity index (χ0n) is 11.2. The molecule has 92 valence electrons. The van der Waals surface area contributed by atoms with Crippen molar-refractivity contribution in [2.24, 2.45) is 0 Å². The Labute approximate surface area is 105 Å². The van der Waals surface area contributed by atoms with Gasteiger partial charge in [-0.1, -0.05) is 30.0 Å². The van der Waals surface area contributed by atoms with Crippen molar-refractivity contribution in [2.45, 2.75) is 19.4 Å². The molecule has 0 heterocycles. The van der Waals surface area contributed by atoms with Gasteiger partial charge in [0, 0.05) is 17.6 Å². The molecule has 17 heavy (non-hydrogen) atoms. The third-order valence-corrected chi connectivity index (χ3v) is 2.37. The van der Waals surface area contributed by atoms with Gasteiger partial charge in [-0.15, -0.1) is 0 Å². The first kappa shape index (κ1) is 13.8. The molecule has 0 aromatic heterocycles. The van der Waals surface area contributed by atoms with Crippen LogP contribution in [-0.4, -0.2) is 37.6 Å². The average molecular weight is 230 g/mol. The van der Waals surface area contributed by atoms with Gasteiger partial charge in [-0.3, -0.25) is 5.32 Å². The largest absolute Gasteiger partial charge is 0.308 e. The highest BCUT2D eigenvalue weighted by molar-refractivity contribution is 5.33. The van der Waals surface area contributed by atoms with Gasteiger partial charge in [-0.05, 0) is 40.1 Å². The summed E-state index contributed by atoms with van der Waals surface area (Å²) in [6, 6.07) is 10.1. The van der Waals surface area contributed by atoms with Crippen LogP contribution in [0.3, 0.4) is 0 Å². The minimum absolute atomic E-state index is 0.0921. The van der Waals surface area contributed by atoms with E-state index in [1.165, 1.54) is 0 Å². The number of nitrogens with zero attached hydrogens (tertiary/aromatic N) is 1. The van der Waals surface area contributed by atoms with Crippen molar-refractivity contribution in [1.82, 2.24) is 10.2 Å². The van der Waals surface area contributed by atoms with Crippen LogP contribution in [-0.2, 0) is 0 Å². The summed E-state index contributed by atoms with van der Waals surface area (Å²) in [6.07, 6.45) is 0. The Balaban J connectivity index is 2.40. The molecule has 1 N–H and O–H groups in total. The topological polar surface area (TPSA) is 15.3 Å². The van der Waals surface area contributed by atoms with Crippen LogP contribution in [0.4, 0.5) is 0 Å². The summed E-state index contributed by atoms with van der Waals surface area (Å²) in [4.78, 5) is 2.18. The first-order valence-corrected chi connectivity index (χ1v) is 5.93. The van der Waals surface area contributed by atoms with Crippen LogP contribution < -0.4 is 5.32 Å². The van der Waals surface area contributed by atoms with Crippen LogP contribution in [0.15, 0.2) is 30.3 Å². The number of hydrogen-bond donors (Lipinski definition) is 1. The van der Waals surface area contributed by atoms with Gasteiger partial charge in [0.05, 0.1) is 6.54 Å². The lowest BCUT2D eigenvalue weighted by Gasteiger charge is -2.28. The summed E-state index contributed by atoms with van der Waals surface area (Å²) in [5, 5.41) is 3.45. The summed E-state index contributed by atoms with van der Waals surface area (Å²) in [6.45, 7) is 6.10. The third-order valence-electron chi connectivity index (χ3n) is 2.37. The summed E-state index contributed by atoms with van der Waals surface area (Å²) < 4.78 is 0. The molecule has 0 aliphatic carbocycles. The highest BCUT2D eigenvalue weighted by atomic mass is 15.1. The van der Waals surface area contributed by atoms with E-state index in [0.717, 1.165) is 18.7 Å². The van der Waals surface area contributed by atoms with Gasteiger partial charge in [0.15, 0.2) is 0 Å². The molecular formula is C15H22N2. The maximum Gasteiger partial charge on any atom is 0.0584 e. The lowest BCUT2D eigenvalue weighted by atomic mass is 10.1. The Hall–Kier alpha value is -1.30. The smallest absolute Gasteiger partial charge is 0.0584 e. The fraction of sp³-hybridized carbons (Fsp3) is 0.467. The van der Waals surface area contributed by atoms with E-state index in [0.29, 0.717) is 0 Å². The standard InChI is InChI=1S/C15H22N2/c1-15(2,13-17(3)4)16-12-8-11-14-9-6-5-7-10-14/h5-7,9-10,16H,12-13H2,1-4H3. The Morgan fingerprint density at radius 2 is 1.82 bits per heavy atom. The monoisotopic (exact) mass is 230 g/mol. The molecule has 1 aromatic rings. The van der Waals surface area contributed by atoms with Gasteiger partial charge >= 0.3 is 0 Å². The molecule has 0 saturated heterocycles. The predicted molar refractivity (Wildman–Crippen MR) is 74.0 cm³/mol. The summed E-state index contributed by atoms with van der Waals surface area (Å²) in [7, 11) is 4.16. The maximum atomic E-state index is 3.45. The number of rotatable bonds is 4. The van der Waals surface area contributed by atoms with E-state index in [9.17, 15) is 0 Å². The minimum atomic E-state index is 0.0921. The first-order valence-electron chi connectivity index (χ1n) is 5.93. The Morgan fingerprint density at radius 1 is 1.18 bits per heavy atom. The molecule has 0 atom stereocenters. The number of benzene rings is 1. The molecule has 0 unspecified atom stereocenters. The number of nitrogens with one attached hydrogen (secondary N) is 1. The van der Waals surface area contributed by atoms with E-state index in [-0.39, 0.29) is 5.54 Å². The molecule has 0 fully saturated rings. The molecule has 0 aliphatic rings. The zero-order valence-corrected chi connectivity index (χ0v) is 11.2. The van der Waals surface area contributed by atoms with E-state index in [1.807, 2.05) is 30.3 Å². The molecular weight excluding hydrogens is 208 g/mol. The van der Waals surface area contributed by atoms with Gasteiger partial charge < -0.3 is 4.90 Å². The van der Waals surface area contributed by atoms with Gasteiger partial charge in [-0.2, -0.15) is 0 Å². The van der Waals surface area contributed by atoms with E-state index in [2.05, 4.69) is 50.0 Å². The van der Waals surface area contributed by atoms with Crippen molar-refractivity contribution in [1.29, 1.82) is 0 Å². The second-order valence-electron chi connectivity index (χ2n) is 5.14. The summed E-state index contributed by atoms with van der Waals surface area (Å²) >= 11 is 0. The van der Waals surface area contributed by atoms with Gasteiger partial charge in [0.2, 0.25) is 0 Å². The van der Waals surface area contributed by atoms with Crippen molar-refractivity contribution in [3.05, 3.63) is 35.9 Å². The van der Waals surface area contributed by atoms with Crippen molar-refractivity contribution < 1.29 is 0 Å². The molecule has 0 bridgehead atoms. The predicted octanol–water partition coefficient (Wildman–Crippen LogP) is 1.97. The SMILES string of the molecule is CN(C)CC(C)(C)NCC#Cc1ccccc1. The highest BCUT2D eigenvalue weighted by Gasteiger charge is 2.16. The van der Waals surface area contributed by atoms with Gasteiger partial charge in [0.1, 0.15) is 0 Å². The van der Waals surface area contributed by atoms with Crippen molar-refractivity contribution in [3.8, 4) is 11.8 Å². The molecule has 2 heteroatoms. The van der Waals surface area contributed by atoms with Gasteiger partial charge in [0.25, 0.3) is 0 Å². The molecule has 2 nitrogen and oxygen atoms in total. The van der Waals surface area contributed by atoms with Crippen molar-refractivity contribution in [2.75, 3.05) is 27.2 Å². The van der Waals surface area contributed by atoms with Crippen LogP contribution in [0.2, 0.25) is 0 Å². The molecule has 0 aliphatic heterocycles. The Kier molecular flexibility index (Phi) is 5.21. The van der Waals surface area contributed by atoms with Crippen molar-refractivity contribution in [3.63, 3.8) is 0 Å². The Morgan fingerprint density at radius 3 is 2.41 bits per heavy atom. The average Bonchev–Trinajstić information content (AvgIpc) is 2.24. The number of likely N-dealkylation sites (N-methyl/N-ethyl adjacent to an activating group) is 1. The third kappa shape index (κ3) is 6.11. The normalized spacial score (nSPS) is 11.1. The van der Waals surface area contributed by atoms with Crippen LogP contribution in [0.5, 0.6) is 0 Å². The lowest BCUT2D eigenvalue weighted by molar-refractivity contribution is 0.276. The summed E-state index contributed by atoms with van der Waals surface area (Å²) in [5.41, 5.74) is 1.16. The quantitative estimate of drug-likeness (QED) is 0.796. The van der Waals surface area contributed by atoms with Gasteiger partial charge in [-0.25, -0.2) is 0 Å². The number of hydrogen-bond acceptors (Lipinski definition) is 2. The summed E-state index contributed by atoms with van der Waals surface area (Å²) in [5.74, 6) is 6.30. The molecule has 0 spiro atoms. The molecule has 0 amide bonds. The molecule has 0 saturated carbocycles. The van der Waals surface area contributed by atoms with E-state index in [4.69, 9.17) is 0 Å².